The molecule has 0 unspecified atom stereocenters. The first-order valence-corrected chi connectivity index (χ1v) is 11.9. The molecule has 0 aliphatic rings. The minimum atomic E-state index is -0.494. The van der Waals surface area contributed by atoms with Crippen LogP contribution in [-0.2, 0) is 4.74 Å². The van der Waals surface area contributed by atoms with Crippen LogP contribution in [0.1, 0.15) is 32.0 Å². The summed E-state index contributed by atoms with van der Waals surface area (Å²) >= 11 is 6.44. The number of anilines is 3. The molecule has 0 radical (unpaired) electrons. The van der Waals surface area contributed by atoms with Crippen molar-refractivity contribution in [1.29, 1.82) is 5.26 Å². The van der Waals surface area contributed by atoms with Crippen molar-refractivity contribution in [3.8, 4) is 29.4 Å². The quantitative estimate of drug-likeness (QED) is 0.317. The molecule has 0 fully saturated rings. The van der Waals surface area contributed by atoms with Crippen LogP contribution in [-0.4, -0.2) is 35.3 Å². The Balaban J connectivity index is 1.67. The summed E-state index contributed by atoms with van der Waals surface area (Å²) in [5, 5.41) is 18.4. The fourth-order valence-electron chi connectivity index (χ4n) is 3.05. The molecule has 194 valence electrons. The Morgan fingerprint density at radius 2 is 2.00 bits per heavy atom. The molecule has 0 saturated heterocycles. The number of ether oxygens (including phenoxy) is 2. The highest BCUT2D eigenvalue weighted by Crippen LogP contribution is 2.33. The lowest BCUT2D eigenvalue weighted by atomic mass is 10.1. The van der Waals surface area contributed by atoms with Crippen LogP contribution in [0.2, 0.25) is 5.02 Å². The van der Waals surface area contributed by atoms with Crippen molar-refractivity contribution in [3.05, 3.63) is 77.2 Å². The molecule has 0 aliphatic carbocycles. The maximum absolute atomic E-state index is 11.7. The Morgan fingerprint density at radius 3 is 2.71 bits per heavy atom. The second-order valence-electron chi connectivity index (χ2n) is 8.85. The van der Waals surface area contributed by atoms with Gasteiger partial charge in [-0.05, 0) is 75.2 Å². The van der Waals surface area contributed by atoms with Crippen molar-refractivity contribution in [3.63, 3.8) is 0 Å². The van der Waals surface area contributed by atoms with Gasteiger partial charge in [0.05, 0.1) is 16.7 Å². The van der Waals surface area contributed by atoms with Gasteiger partial charge in [-0.25, -0.2) is 14.8 Å². The summed E-state index contributed by atoms with van der Waals surface area (Å²) in [7, 11) is 1.74. The van der Waals surface area contributed by atoms with Crippen LogP contribution >= 0.6 is 11.6 Å². The largest absolute Gasteiger partial charge is 0.456 e. The maximum Gasteiger partial charge on any atom is 0.407 e. The molecule has 1 heterocycles. The molecule has 0 bridgehead atoms. The van der Waals surface area contributed by atoms with Crippen molar-refractivity contribution in [1.82, 2.24) is 15.3 Å². The first-order chi connectivity index (χ1) is 18.2. The van der Waals surface area contributed by atoms with Gasteiger partial charge in [0.1, 0.15) is 35.8 Å². The summed E-state index contributed by atoms with van der Waals surface area (Å²) < 4.78 is 10.9. The molecule has 0 spiro atoms. The normalized spacial score (nSPS) is 10.6. The van der Waals surface area contributed by atoms with E-state index in [0.29, 0.717) is 45.0 Å². The van der Waals surface area contributed by atoms with E-state index in [0.717, 1.165) is 0 Å². The Labute approximate surface area is 226 Å². The predicted molar refractivity (Wildman–Crippen MR) is 148 cm³/mol. The maximum atomic E-state index is 11.7. The summed E-state index contributed by atoms with van der Waals surface area (Å²) in [6, 6.07) is 14.1. The lowest BCUT2D eigenvalue weighted by Crippen LogP contribution is -2.40. The van der Waals surface area contributed by atoms with E-state index in [-0.39, 0.29) is 12.1 Å². The Bertz CT molecular complexity index is 1430. The molecule has 38 heavy (non-hydrogen) atoms. The van der Waals surface area contributed by atoms with Gasteiger partial charge in [0, 0.05) is 18.3 Å². The molecule has 0 atom stereocenters. The van der Waals surface area contributed by atoms with Crippen LogP contribution in [0.4, 0.5) is 22.0 Å². The number of nitrogens with zero attached hydrogens (tertiary/aromatic N) is 3. The fraction of sp³-hybridized carbons (Fsp3) is 0.214. The van der Waals surface area contributed by atoms with Gasteiger partial charge in [-0.1, -0.05) is 23.6 Å². The minimum Gasteiger partial charge on any atom is -0.456 e. The van der Waals surface area contributed by atoms with E-state index < -0.39 is 6.09 Å². The third kappa shape index (κ3) is 8.44. The Hall–Kier alpha value is -4.73. The molecule has 2 aromatic carbocycles. The van der Waals surface area contributed by atoms with Gasteiger partial charge in [-0.2, -0.15) is 5.26 Å². The zero-order valence-electron chi connectivity index (χ0n) is 21.4. The van der Waals surface area contributed by atoms with Crippen molar-refractivity contribution < 1.29 is 14.3 Å². The zero-order chi connectivity index (χ0) is 27.5. The molecule has 3 aromatic rings. The van der Waals surface area contributed by atoms with Gasteiger partial charge in [0.2, 0.25) is 0 Å². The van der Waals surface area contributed by atoms with E-state index in [1.165, 1.54) is 6.33 Å². The van der Waals surface area contributed by atoms with E-state index in [1.54, 1.807) is 61.7 Å². The first-order valence-electron chi connectivity index (χ1n) is 11.6. The number of carbonyl (C=O) groups is 1. The van der Waals surface area contributed by atoms with Gasteiger partial charge in [0.15, 0.2) is 5.82 Å². The van der Waals surface area contributed by atoms with Crippen molar-refractivity contribution in [2.45, 2.75) is 26.3 Å². The predicted octanol–water partition coefficient (Wildman–Crippen LogP) is 6.01. The third-order valence-electron chi connectivity index (χ3n) is 4.66. The second-order valence-corrected chi connectivity index (χ2v) is 9.26. The van der Waals surface area contributed by atoms with Crippen LogP contribution in [0.15, 0.2) is 60.9 Å². The molecule has 9 nitrogen and oxygen atoms in total. The number of nitriles is 1. The number of benzene rings is 2. The number of nitrogens with one attached hydrogen (secondary N) is 3. The van der Waals surface area contributed by atoms with E-state index in [2.05, 4.69) is 43.8 Å². The molecule has 3 N–H and O–H groups in total. The lowest BCUT2D eigenvalue weighted by molar-refractivity contribution is 0.149. The number of aromatic nitrogens is 2. The topological polar surface area (TPSA) is 121 Å². The highest BCUT2D eigenvalue weighted by Gasteiger charge is 2.14. The Morgan fingerprint density at radius 1 is 1.18 bits per heavy atom. The molecular formula is C28H27ClN6O3. The Kier molecular flexibility index (Phi) is 9.53. The number of rotatable bonds is 7. The first kappa shape index (κ1) is 27.9. The fourth-order valence-corrected chi connectivity index (χ4v) is 3.27. The molecular weight excluding hydrogens is 504 g/mol. The highest BCUT2D eigenvalue weighted by atomic mass is 35.5. The number of allylic oxidation sites excluding steroid dienone is 1. The summed E-state index contributed by atoms with van der Waals surface area (Å²) in [6.07, 6.45) is 4.13. The van der Waals surface area contributed by atoms with E-state index >= 15 is 0 Å². The van der Waals surface area contributed by atoms with Crippen LogP contribution in [0.25, 0.3) is 0 Å². The van der Waals surface area contributed by atoms with Gasteiger partial charge in [-0.15, -0.1) is 0 Å². The molecule has 1 amide bonds. The molecule has 3 rings (SSSR count). The van der Waals surface area contributed by atoms with Gasteiger partial charge in [-0.3, -0.25) is 0 Å². The number of halogens is 1. The lowest BCUT2D eigenvalue weighted by Gasteiger charge is -2.19. The smallest absolute Gasteiger partial charge is 0.407 e. The van der Waals surface area contributed by atoms with E-state index in [4.69, 9.17) is 26.3 Å². The average Bonchev–Trinajstić information content (AvgIpc) is 2.87. The summed E-state index contributed by atoms with van der Waals surface area (Å²) in [6.45, 7) is 5.71. The van der Waals surface area contributed by atoms with Crippen LogP contribution in [0, 0.1) is 23.2 Å². The SMILES string of the molecule is CNc1c(C#C/C=C/COC(=O)NC(C)(C)C)ncnc1Nc1ccc(Oc2cccc(C#N)c2)c(Cl)c1. The monoisotopic (exact) mass is 530 g/mol. The highest BCUT2D eigenvalue weighted by molar-refractivity contribution is 6.32. The van der Waals surface area contributed by atoms with Crippen LogP contribution in [0.5, 0.6) is 11.5 Å². The molecule has 1 aromatic heterocycles. The number of alkyl carbamates (subject to hydrolysis) is 1. The van der Waals surface area contributed by atoms with E-state index in [1.807, 2.05) is 20.8 Å². The number of hydrogen-bond donors (Lipinski definition) is 3. The number of carbonyl (C=O) groups excluding carboxylic acids is 1. The second kappa shape index (κ2) is 13.0. The van der Waals surface area contributed by atoms with Crippen LogP contribution in [0.3, 0.4) is 0 Å². The standard InChI is InChI=1S/C28H27ClN6O3/c1-28(2,3)35-27(36)37-14-7-5-6-11-23-25(31-4)26(33-18-32-23)34-20-12-13-24(22(29)16-20)38-21-10-8-9-19(15-21)17-30/h5,7-10,12-13,15-16,18,31H,14H2,1-4H3,(H,35,36)(H,32,33,34)/b7-5+. The number of hydrogen-bond acceptors (Lipinski definition) is 8. The summed E-state index contributed by atoms with van der Waals surface area (Å²) in [5.41, 5.74) is 1.87. The van der Waals surface area contributed by atoms with Crippen molar-refractivity contribution in [2.24, 2.45) is 0 Å². The zero-order valence-corrected chi connectivity index (χ0v) is 22.2. The van der Waals surface area contributed by atoms with E-state index in [9.17, 15) is 4.79 Å². The molecule has 0 saturated carbocycles. The third-order valence-corrected chi connectivity index (χ3v) is 4.96. The van der Waals surface area contributed by atoms with Crippen molar-refractivity contribution >= 4 is 34.9 Å². The summed E-state index contributed by atoms with van der Waals surface area (Å²) in [5.74, 6) is 7.30. The van der Waals surface area contributed by atoms with Crippen molar-refractivity contribution in [2.75, 3.05) is 24.3 Å². The molecule has 0 aliphatic heterocycles. The van der Waals surface area contributed by atoms with Gasteiger partial charge in [0.25, 0.3) is 0 Å². The van der Waals surface area contributed by atoms with Gasteiger partial charge >= 0.3 is 6.09 Å². The minimum absolute atomic E-state index is 0.0935. The van der Waals surface area contributed by atoms with Crippen LogP contribution < -0.4 is 20.7 Å². The molecule has 10 heteroatoms. The summed E-state index contributed by atoms with van der Waals surface area (Å²) in [4.78, 5) is 20.2. The average molecular weight is 531 g/mol. The van der Waals surface area contributed by atoms with Gasteiger partial charge < -0.3 is 25.4 Å². The number of amides is 1.